The number of nitrogens with one attached hydrogen (secondary N) is 1. The van der Waals surface area contributed by atoms with Crippen molar-refractivity contribution in [3.05, 3.63) is 27.7 Å². The van der Waals surface area contributed by atoms with Crippen molar-refractivity contribution < 1.29 is 4.74 Å². The minimum absolute atomic E-state index is 0.704. The van der Waals surface area contributed by atoms with Gasteiger partial charge in [-0.3, -0.25) is 0 Å². The van der Waals surface area contributed by atoms with Gasteiger partial charge >= 0.3 is 0 Å². The monoisotopic (exact) mass is 309 g/mol. The predicted molar refractivity (Wildman–Crippen MR) is 77.1 cm³/mol. The summed E-state index contributed by atoms with van der Waals surface area (Å²) in [6.07, 6.45) is 7.88. The molecule has 1 heterocycles. The van der Waals surface area contributed by atoms with Gasteiger partial charge in [-0.15, -0.1) is 0 Å². The molecule has 1 aromatic rings. The van der Waals surface area contributed by atoms with Crippen LogP contribution in [0.4, 0.5) is 0 Å². The third kappa shape index (κ3) is 2.72. The van der Waals surface area contributed by atoms with Crippen molar-refractivity contribution in [2.75, 3.05) is 6.61 Å². The first-order valence-electron chi connectivity index (χ1n) is 7.00. The van der Waals surface area contributed by atoms with E-state index in [2.05, 4.69) is 33.4 Å². The van der Waals surface area contributed by atoms with E-state index in [4.69, 9.17) is 4.74 Å². The molecule has 0 unspecified atom stereocenters. The number of rotatable bonds is 3. The predicted octanol–water partition coefficient (Wildman–Crippen LogP) is 3.81. The van der Waals surface area contributed by atoms with E-state index in [9.17, 15) is 0 Å². The molecule has 1 saturated carbocycles. The highest BCUT2D eigenvalue weighted by molar-refractivity contribution is 9.10. The summed E-state index contributed by atoms with van der Waals surface area (Å²) in [7, 11) is 0. The van der Waals surface area contributed by atoms with Gasteiger partial charge in [0.15, 0.2) is 0 Å². The summed E-state index contributed by atoms with van der Waals surface area (Å²) in [4.78, 5) is 0. The maximum Gasteiger partial charge on any atom is 0.127 e. The number of benzene rings is 1. The molecule has 0 amide bonds. The molecule has 0 saturated heterocycles. The van der Waals surface area contributed by atoms with Crippen LogP contribution in [0.25, 0.3) is 0 Å². The van der Waals surface area contributed by atoms with Gasteiger partial charge in [0.2, 0.25) is 0 Å². The first-order chi connectivity index (χ1) is 8.83. The second-order valence-corrected chi connectivity index (χ2v) is 6.28. The van der Waals surface area contributed by atoms with Gasteiger partial charge in [0.25, 0.3) is 0 Å². The van der Waals surface area contributed by atoms with Crippen molar-refractivity contribution in [2.45, 2.75) is 51.1 Å². The van der Waals surface area contributed by atoms with Gasteiger partial charge in [0, 0.05) is 29.0 Å². The molecular formula is C15H20BrNO. The van der Waals surface area contributed by atoms with Crippen LogP contribution in [-0.2, 0) is 13.0 Å². The van der Waals surface area contributed by atoms with E-state index in [0.29, 0.717) is 6.04 Å². The first kappa shape index (κ1) is 12.5. The van der Waals surface area contributed by atoms with Gasteiger partial charge in [-0.05, 0) is 30.5 Å². The quantitative estimate of drug-likeness (QED) is 0.917. The smallest absolute Gasteiger partial charge is 0.127 e. The summed E-state index contributed by atoms with van der Waals surface area (Å²) in [5.74, 6) is 1.13. The van der Waals surface area contributed by atoms with Crippen LogP contribution in [0.1, 0.15) is 43.2 Å². The lowest BCUT2D eigenvalue weighted by molar-refractivity contribution is 0.345. The molecule has 1 N–H and O–H groups in total. The average Bonchev–Trinajstić information content (AvgIpc) is 2.85. The van der Waals surface area contributed by atoms with Crippen LogP contribution < -0.4 is 10.1 Å². The van der Waals surface area contributed by atoms with Crippen molar-refractivity contribution >= 4 is 15.9 Å². The van der Waals surface area contributed by atoms with E-state index in [0.717, 1.165) is 25.3 Å². The van der Waals surface area contributed by atoms with E-state index in [1.54, 1.807) is 0 Å². The summed E-state index contributed by atoms with van der Waals surface area (Å²) in [5, 5.41) is 3.69. The molecule has 98 valence electrons. The van der Waals surface area contributed by atoms with Crippen LogP contribution in [0.5, 0.6) is 5.75 Å². The van der Waals surface area contributed by atoms with Gasteiger partial charge < -0.3 is 10.1 Å². The van der Waals surface area contributed by atoms with Crippen molar-refractivity contribution in [1.82, 2.24) is 5.32 Å². The molecule has 3 heteroatoms. The third-order valence-electron chi connectivity index (χ3n) is 4.01. The highest BCUT2D eigenvalue weighted by Crippen LogP contribution is 2.33. The van der Waals surface area contributed by atoms with Crippen molar-refractivity contribution in [3.63, 3.8) is 0 Å². The lowest BCUT2D eigenvalue weighted by atomic mass is 9.95. The Morgan fingerprint density at radius 2 is 2.06 bits per heavy atom. The molecule has 2 nitrogen and oxygen atoms in total. The zero-order valence-electron chi connectivity index (χ0n) is 10.7. The highest BCUT2D eigenvalue weighted by atomic mass is 79.9. The summed E-state index contributed by atoms with van der Waals surface area (Å²) < 4.78 is 6.94. The summed E-state index contributed by atoms with van der Waals surface area (Å²) >= 11 is 3.60. The Hall–Kier alpha value is -0.540. The van der Waals surface area contributed by atoms with E-state index < -0.39 is 0 Å². The van der Waals surface area contributed by atoms with E-state index in [-0.39, 0.29) is 0 Å². The molecule has 1 aliphatic heterocycles. The van der Waals surface area contributed by atoms with Gasteiger partial charge in [0.05, 0.1) is 6.61 Å². The fourth-order valence-corrected chi connectivity index (χ4v) is 3.59. The standard InChI is InChI=1S/C15H20BrNO/c16-13-8-11-6-7-18-15(11)12(9-13)10-17-14-4-2-1-3-5-14/h8-9,14,17H,1-7,10H2. The number of halogens is 1. The molecule has 1 fully saturated rings. The number of fused-ring (bicyclic) bond motifs is 1. The minimum Gasteiger partial charge on any atom is -0.493 e. The van der Waals surface area contributed by atoms with Crippen LogP contribution >= 0.6 is 15.9 Å². The van der Waals surface area contributed by atoms with E-state index in [1.165, 1.54) is 47.7 Å². The maximum absolute atomic E-state index is 5.76. The molecule has 1 aliphatic carbocycles. The zero-order chi connectivity index (χ0) is 12.4. The topological polar surface area (TPSA) is 21.3 Å². The van der Waals surface area contributed by atoms with Crippen LogP contribution in [0.2, 0.25) is 0 Å². The number of hydrogen-bond acceptors (Lipinski definition) is 2. The Morgan fingerprint density at radius 1 is 1.22 bits per heavy atom. The van der Waals surface area contributed by atoms with Crippen LogP contribution in [0.15, 0.2) is 16.6 Å². The summed E-state index contributed by atoms with van der Waals surface area (Å²) in [5.41, 5.74) is 2.66. The van der Waals surface area contributed by atoms with Crippen molar-refractivity contribution in [2.24, 2.45) is 0 Å². The van der Waals surface area contributed by atoms with E-state index >= 15 is 0 Å². The van der Waals surface area contributed by atoms with Gasteiger partial charge in [-0.1, -0.05) is 35.2 Å². The Balaban J connectivity index is 1.68. The van der Waals surface area contributed by atoms with Gasteiger partial charge in [-0.25, -0.2) is 0 Å². The summed E-state index contributed by atoms with van der Waals surface area (Å²) in [6.45, 7) is 1.77. The Labute approximate surface area is 117 Å². The zero-order valence-corrected chi connectivity index (χ0v) is 12.3. The third-order valence-corrected chi connectivity index (χ3v) is 4.47. The average molecular weight is 310 g/mol. The van der Waals surface area contributed by atoms with Crippen LogP contribution in [0.3, 0.4) is 0 Å². The highest BCUT2D eigenvalue weighted by Gasteiger charge is 2.19. The fourth-order valence-electron chi connectivity index (χ4n) is 3.04. The molecule has 0 spiro atoms. The molecule has 0 radical (unpaired) electrons. The second-order valence-electron chi connectivity index (χ2n) is 5.37. The SMILES string of the molecule is Brc1cc2c(c(CNC3CCCCC3)c1)OCC2. The van der Waals surface area contributed by atoms with Crippen molar-refractivity contribution in [1.29, 1.82) is 0 Å². The number of hydrogen-bond donors (Lipinski definition) is 1. The Bertz CT molecular complexity index is 427. The largest absolute Gasteiger partial charge is 0.493 e. The van der Waals surface area contributed by atoms with Crippen LogP contribution in [0, 0.1) is 0 Å². The fraction of sp³-hybridized carbons (Fsp3) is 0.600. The molecule has 0 aromatic heterocycles. The van der Waals surface area contributed by atoms with Crippen LogP contribution in [-0.4, -0.2) is 12.6 Å². The maximum atomic E-state index is 5.76. The molecule has 1 aromatic carbocycles. The van der Waals surface area contributed by atoms with Gasteiger partial charge in [0.1, 0.15) is 5.75 Å². The summed E-state index contributed by atoms with van der Waals surface area (Å²) in [6, 6.07) is 5.08. The van der Waals surface area contributed by atoms with Crippen molar-refractivity contribution in [3.8, 4) is 5.75 Å². The molecule has 0 bridgehead atoms. The lowest BCUT2D eigenvalue weighted by Crippen LogP contribution is -2.30. The Morgan fingerprint density at radius 3 is 2.89 bits per heavy atom. The molecule has 3 rings (SSSR count). The normalized spacial score (nSPS) is 19.6. The molecule has 0 atom stereocenters. The second kappa shape index (κ2) is 5.62. The number of ether oxygens (including phenoxy) is 1. The van der Waals surface area contributed by atoms with Gasteiger partial charge in [-0.2, -0.15) is 0 Å². The molecule has 18 heavy (non-hydrogen) atoms. The van der Waals surface area contributed by atoms with E-state index in [1.807, 2.05) is 0 Å². The molecular weight excluding hydrogens is 290 g/mol. The minimum atomic E-state index is 0.704. The molecule has 2 aliphatic rings. The lowest BCUT2D eigenvalue weighted by Gasteiger charge is -2.23. The first-order valence-corrected chi connectivity index (χ1v) is 7.80. The Kier molecular flexibility index (Phi) is 3.90.